The predicted molar refractivity (Wildman–Crippen MR) is 104 cm³/mol. The van der Waals surface area contributed by atoms with Gasteiger partial charge in [-0.3, -0.25) is 19.2 Å². The molecule has 0 fully saturated rings. The van der Waals surface area contributed by atoms with Crippen molar-refractivity contribution >= 4 is 35.6 Å². The van der Waals surface area contributed by atoms with Gasteiger partial charge in [-0.1, -0.05) is 32.9 Å². The van der Waals surface area contributed by atoms with Crippen molar-refractivity contribution in [1.29, 1.82) is 0 Å². The van der Waals surface area contributed by atoms with Gasteiger partial charge in [-0.2, -0.15) is 0 Å². The van der Waals surface area contributed by atoms with Crippen LogP contribution in [0.15, 0.2) is 24.3 Å². The second-order valence-electron chi connectivity index (χ2n) is 7.47. The topological polar surface area (TPSA) is 95.6 Å². The Morgan fingerprint density at radius 3 is 2.07 bits per heavy atom. The van der Waals surface area contributed by atoms with E-state index in [1.54, 1.807) is 24.3 Å². The summed E-state index contributed by atoms with van der Waals surface area (Å²) in [5.41, 5.74) is 0.725. The SMILES string of the molecule is CC(C)(C)CC(=O)NCCC(=O)NCCSN1C(=O)c2ccccc2C1=O. The molecule has 0 radical (unpaired) electrons. The van der Waals surface area contributed by atoms with Crippen LogP contribution in [0.2, 0.25) is 0 Å². The largest absolute Gasteiger partial charge is 0.356 e. The molecule has 1 aliphatic rings. The lowest BCUT2D eigenvalue weighted by molar-refractivity contribution is -0.123. The Hall–Kier alpha value is -2.35. The molecule has 0 atom stereocenters. The van der Waals surface area contributed by atoms with Gasteiger partial charge in [-0.15, -0.1) is 0 Å². The minimum absolute atomic E-state index is 0.0727. The van der Waals surface area contributed by atoms with Crippen LogP contribution < -0.4 is 10.6 Å². The maximum atomic E-state index is 12.2. The Morgan fingerprint density at radius 2 is 1.52 bits per heavy atom. The maximum Gasteiger partial charge on any atom is 0.271 e. The lowest BCUT2D eigenvalue weighted by atomic mass is 9.92. The van der Waals surface area contributed by atoms with Crippen LogP contribution in [0, 0.1) is 5.41 Å². The number of benzene rings is 1. The van der Waals surface area contributed by atoms with E-state index < -0.39 is 0 Å². The highest BCUT2D eigenvalue weighted by Gasteiger charge is 2.35. The van der Waals surface area contributed by atoms with Crippen LogP contribution in [-0.2, 0) is 9.59 Å². The molecule has 2 N–H and O–H groups in total. The number of nitrogens with one attached hydrogen (secondary N) is 2. The van der Waals surface area contributed by atoms with Crippen molar-refractivity contribution in [2.24, 2.45) is 5.41 Å². The second kappa shape index (κ2) is 9.03. The summed E-state index contributed by atoms with van der Waals surface area (Å²) < 4.78 is 1.13. The lowest BCUT2D eigenvalue weighted by Gasteiger charge is -2.17. The maximum absolute atomic E-state index is 12.2. The van der Waals surface area contributed by atoms with Crippen molar-refractivity contribution < 1.29 is 19.2 Å². The van der Waals surface area contributed by atoms with Crippen molar-refractivity contribution in [3.63, 3.8) is 0 Å². The van der Waals surface area contributed by atoms with E-state index in [-0.39, 0.29) is 42.0 Å². The first-order chi connectivity index (χ1) is 12.7. The molecular formula is C19H25N3O4S. The van der Waals surface area contributed by atoms with E-state index in [1.807, 2.05) is 20.8 Å². The minimum atomic E-state index is -0.325. The molecule has 1 aromatic rings. The van der Waals surface area contributed by atoms with Gasteiger partial charge in [-0.05, 0) is 29.5 Å². The molecule has 0 saturated carbocycles. The van der Waals surface area contributed by atoms with Crippen LogP contribution in [0.5, 0.6) is 0 Å². The van der Waals surface area contributed by atoms with E-state index in [4.69, 9.17) is 0 Å². The first-order valence-corrected chi connectivity index (χ1v) is 9.77. The van der Waals surface area contributed by atoms with Gasteiger partial charge in [0.1, 0.15) is 0 Å². The van der Waals surface area contributed by atoms with Crippen molar-refractivity contribution in [2.45, 2.75) is 33.6 Å². The first-order valence-electron chi connectivity index (χ1n) is 8.83. The van der Waals surface area contributed by atoms with Crippen LogP contribution in [0.3, 0.4) is 0 Å². The lowest BCUT2D eigenvalue weighted by Crippen LogP contribution is -2.33. The van der Waals surface area contributed by atoms with Gasteiger partial charge in [0.25, 0.3) is 11.8 Å². The van der Waals surface area contributed by atoms with Gasteiger partial charge < -0.3 is 10.6 Å². The van der Waals surface area contributed by atoms with Crippen molar-refractivity contribution in [1.82, 2.24) is 14.9 Å². The fraction of sp³-hybridized carbons (Fsp3) is 0.474. The van der Waals surface area contributed by atoms with Gasteiger partial charge in [0.05, 0.1) is 11.1 Å². The second-order valence-corrected chi connectivity index (χ2v) is 8.50. The van der Waals surface area contributed by atoms with E-state index in [1.165, 1.54) is 0 Å². The molecule has 1 aromatic carbocycles. The number of hydrogen-bond donors (Lipinski definition) is 2. The zero-order valence-corrected chi connectivity index (χ0v) is 16.6. The summed E-state index contributed by atoms with van der Waals surface area (Å²) in [4.78, 5) is 47.9. The monoisotopic (exact) mass is 391 g/mol. The summed E-state index contributed by atoms with van der Waals surface area (Å²) in [6, 6.07) is 6.70. The molecule has 0 unspecified atom stereocenters. The summed E-state index contributed by atoms with van der Waals surface area (Å²) in [5.74, 6) is -0.513. The summed E-state index contributed by atoms with van der Waals surface area (Å²) >= 11 is 1.08. The molecule has 7 nitrogen and oxygen atoms in total. The van der Waals surface area contributed by atoms with E-state index in [0.717, 1.165) is 16.3 Å². The minimum Gasteiger partial charge on any atom is -0.356 e. The number of imide groups is 1. The number of rotatable bonds is 8. The van der Waals surface area contributed by atoms with Gasteiger partial charge in [-0.25, -0.2) is 4.31 Å². The fourth-order valence-corrected chi connectivity index (χ4v) is 3.37. The average Bonchev–Trinajstić information content (AvgIpc) is 2.82. The van der Waals surface area contributed by atoms with E-state index in [0.29, 0.717) is 29.8 Å². The van der Waals surface area contributed by atoms with Crippen LogP contribution >= 0.6 is 11.9 Å². The van der Waals surface area contributed by atoms with Crippen LogP contribution in [-0.4, -0.2) is 46.8 Å². The van der Waals surface area contributed by atoms with E-state index in [9.17, 15) is 19.2 Å². The molecule has 0 spiro atoms. The highest BCUT2D eigenvalue weighted by Crippen LogP contribution is 2.27. The van der Waals surface area contributed by atoms with Crippen molar-refractivity contribution in [3.8, 4) is 0 Å². The van der Waals surface area contributed by atoms with Crippen molar-refractivity contribution in [2.75, 3.05) is 18.8 Å². The molecule has 8 heteroatoms. The highest BCUT2D eigenvalue weighted by atomic mass is 32.2. The third-order valence-electron chi connectivity index (χ3n) is 3.77. The smallest absolute Gasteiger partial charge is 0.271 e. The Balaban J connectivity index is 1.63. The molecule has 1 heterocycles. The van der Waals surface area contributed by atoms with Gasteiger partial charge in [0.2, 0.25) is 11.8 Å². The Morgan fingerprint density at radius 1 is 0.963 bits per heavy atom. The van der Waals surface area contributed by atoms with Gasteiger partial charge in [0.15, 0.2) is 0 Å². The average molecular weight is 391 g/mol. The van der Waals surface area contributed by atoms with Gasteiger partial charge in [0, 0.05) is 31.7 Å². The molecule has 4 amide bonds. The molecular weight excluding hydrogens is 366 g/mol. The van der Waals surface area contributed by atoms with E-state index >= 15 is 0 Å². The third kappa shape index (κ3) is 6.09. The molecule has 146 valence electrons. The molecule has 2 rings (SSSR count). The van der Waals surface area contributed by atoms with Gasteiger partial charge >= 0.3 is 0 Å². The number of carbonyl (C=O) groups excluding carboxylic acids is 4. The summed E-state index contributed by atoms with van der Waals surface area (Å²) in [6.45, 7) is 6.54. The molecule has 27 heavy (non-hydrogen) atoms. The summed E-state index contributed by atoms with van der Waals surface area (Å²) in [6.07, 6.45) is 0.596. The van der Waals surface area contributed by atoms with E-state index in [2.05, 4.69) is 10.6 Å². The summed E-state index contributed by atoms with van der Waals surface area (Å²) in [5, 5.41) is 5.44. The first kappa shape index (κ1) is 21.0. The predicted octanol–water partition coefficient (Wildman–Crippen LogP) is 1.99. The normalized spacial score (nSPS) is 13.5. The third-order valence-corrected chi connectivity index (χ3v) is 4.74. The number of hydrogen-bond acceptors (Lipinski definition) is 5. The van der Waals surface area contributed by atoms with Crippen molar-refractivity contribution in [3.05, 3.63) is 35.4 Å². The standard InChI is InChI=1S/C19H25N3O4S/c1-19(2,3)12-16(24)20-9-8-15(23)21-10-11-27-22-17(25)13-6-4-5-7-14(13)18(22)26/h4-7H,8-12H2,1-3H3,(H,20,24)(H,21,23). The quantitative estimate of drug-likeness (QED) is 0.401. The molecule has 0 bridgehead atoms. The van der Waals surface area contributed by atoms with Crippen LogP contribution in [0.25, 0.3) is 0 Å². The number of carbonyl (C=O) groups is 4. The zero-order chi connectivity index (χ0) is 20.0. The Labute approximate surface area is 163 Å². The van der Waals surface area contributed by atoms with Crippen LogP contribution in [0.4, 0.5) is 0 Å². The Bertz CT molecular complexity index is 708. The van der Waals surface area contributed by atoms with Crippen LogP contribution in [0.1, 0.15) is 54.3 Å². The molecule has 0 saturated heterocycles. The Kier molecular flexibility index (Phi) is 7.01. The molecule has 0 aliphatic carbocycles. The number of amides is 4. The fourth-order valence-electron chi connectivity index (χ4n) is 2.56. The zero-order valence-electron chi connectivity index (χ0n) is 15.8. The molecule has 1 aliphatic heterocycles. The molecule has 0 aromatic heterocycles. The number of fused-ring (bicyclic) bond motifs is 1. The highest BCUT2D eigenvalue weighted by molar-refractivity contribution is 7.98. The summed E-state index contributed by atoms with van der Waals surface area (Å²) in [7, 11) is 0. The number of nitrogens with zero attached hydrogens (tertiary/aromatic N) is 1.